The Bertz CT molecular complexity index is 312. The van der Waals surface area contributed by atoms with Crippen molar-refractivity contribution in [1.29, 1.82) is 0 Å². The molecule has 0 radical (unpaired) electrons. The number of nitrogens with one attached hydrogen (secondary N) is 1. The van der Waals surface area contributed by atoms with Gasteiger partial charge in [0.2, 0.25) is 0 Å². The van der Waals surface area contributed by atoms with Crippen LogP contribution in [0.5, 0.6) is 11.5 Å². The molecule has 0 saturated carbocycles. The average molecular weight is 209 g/mol. The van der Waals surface area contributed by atoms with Crippen LogP contribution < -0.4 is 14.8 Å². The lowest BCUT2D eigenvalue weighted by Gasteiger charge is -2.15. The molecule has 1 rings (SSSR count). The maximum atomic E-state index is 5.23. The molecule has 1 aromatic rings. The fourth-order valence-corrected chi connectivity index (χ4v) is 1.31. The van der Waals surface area contributed by atoms with Gasteiger partial charge in [0, 0.05) is 17.8 Å². The third-order valence-electron chi connectivity index (χ3n) is 2.41. The van der Waals surface area contributed by atoms with E-state index in [1.165, 1.54) is 0 Å². The van der Waals surface area contributed by atoms with Crippen LogP contribution in [-0.2, 0) is 0 Å². The zero-order chi connectivity index (χ0) is 11.3. The largest absolute Gasteiger partial charge is 0.493 e. The Hall–Kier alpha value is -1.38. The van der Waals surface area contributed by atoms with Crippen molar-refractivity contribution in [1.82, 2.24) is 0 Å². The van der Waals surface area contributed by atoms with Gasteiger partial charge in [-0.25, -0.2) is 0 Å². The van der Waals surface area contributed by atoms with Crippen LogP contribution in [0.25, 0.3) is 0 Å². The Labute approximate surface area is 91.4 Å². The first-order valence-electron chi connectivity index (χ1n) is 5.19. The van der Waals surface area contributed by atoms with Crippen molar-refractivity contribution in [3.63, 3.8) is 0 Å². The van der Waals surface area contributed by atoms with Gasteiger partial charge in [-0.2, -0.15) is 0 Å². The molecule has 0 saturated heterocycles. The SMILES string of the molecule is CC[C@H](C)Nc1ccc(OC)c(OC)c1. The Morgan fingerprint density at radius 2 is 1.87 bits per heavy atom. The van der Waals surface area contributed by atoms with Crippen molar-refractivity contribution in [2.45, 2.75) is 26.3 Å². The van der Waals surface area contributed by atoms with Crippen LogP contribution in [-0.4, -0.2) is 20.3 Å². The maximum Gasteiger partial charge on any atom is 0.162 e. The van der Waals surface area contributed by atoms with E-state index in [2.05, 4.69) is 19.2 Å². The van der Waals surface area contributed by atoms with Gasteiger partial charge in [-0.05, 0) is 25.5 Å². The highest BCUT2D eigenvalue weighted by molar-refractivity contribution is 5.55. The Morgan fingerprint density at radius 1 is 1.20 bits per heavy atom. The normalized spacial score (nSPS) is 12.0. The third-order valence-corrected chi connectivity index (χ3v) is 2.41. The van der Waals surface area contributed by atoms with Gasteiger partial charge in [-0.3, -0.25) is 0 Å². The van der Waals surface area contributed by atoms with Crippen molar-refractivity contribution in [3.8, 4) is 11.5 Å². The fourth-order valence-electron chi connectivity index (χ4n) is 1.31. The molecule has 0 bridgehead atoms. The van der Waals surface area contributed by atoms with Crippen LogP contribution in [0, 0.1) is 0 Å². The molecule has 1 aromatic carbocycles. The van der Waals surface area contributed by atoms with Crippen LogP contribution in [0.1, 0.15) is 20.3 Å². The second kappa shape index (κ2) is 5.49. The molecule has 84 valence electrons. The summed E-state index contributed by atoms with van der Waals surface area (Å²) in [5.41, 5.74) is 1.06. The highest BCUT2D eigenvalue weighted by Crippen LogP contribution is 2.29. The minimum atomic E-state index is 0.461. The van der Waals surface area contributed by atoms with Crippen LogP contribution in [0.3, 0.4) is 0 Å². The number of methoxy groups -OCH3 is 2. The maximum absolute atomic E-state index is 5.23. The summed E-state index contributed by atoms with van der Waals surface area (Å²) in [4.78, 5) is 0. The molecule has 0 spiro atoms. The standard InChI is InChI=1S/C12H19NO2/c1-5-9(2)13-10-6-7-11(14-3)12(8-10)15-4/h6-9,13H,5H2,1-4H3/t9-/m0/s1. The van der Waals surface area contributed by atoms with Crippen LogP contribution in [0.2, 0.25) is 0 Å². The van der Waals surface area contributed by atoms with Crippen molar-refractivity contribution >= 4 is 5.69 Å². The summed E-state index contributed by atoms with van der Waals surface area (Å²) < 4.78 is 10.4. The molecular weight excluding hydrogens is 190 g/mol. The van der Waals surface area contributed by atoms with Gasteiger partial charge in [0.15, 0.2) is 11.5 Å². The molecule has 0 amide bonds. The van der Waals surface area contributed by atoms with E-state index in [4.69, 9.17) is 9.47 Å². The number of benzene rings is 1. The van der Waals surface area contributed by atoms with Gasteiger partial charge in [0.1, 0.15) is 0 Å². The van der Waals surface area contributed by atoms with Gasteiger partial charge in [0.25, 0.3) is 0 Å². The van der Waals surface area contributed by atoms with Gasteiger partial charge in [-0.1, -0.05) is 6.92 Å². The molecule has 0 heterocycles. The van der Waals surface area contributed by atoms with Gasteiger partial charge >= 0.3 is 0 Å². The van der Waals surface area contributed by atoms with Gasteiger partial charge < -0.3 is 14.8 Å². The minimum absolute atomic E-state index is 0.461. The lowest BCUT2D eigenvalue weighted by Crippen LogP contribution is -2.13. The van der Waals surface area contributed by atoms with Gasteiger partial charge in [-0.15, -0.1) is 0 Å². The van der Waals surface area contributed by atoms with Crippen LogP contribution in [0.15, 0.2) is 18.2 Å². The van der Waals surface area contributed by atoms with Crippen molar-refractivity contribution in [2.75, 3.05) is 19.5 Å². The number of hydrogen-bond donors (Lipinski definition) is 1. The summed E-state index contributed by atoms with van der Waals surface area (Å²) in [5, 5.41) is 3.38. The minimum Gasteiger partial charge on any atom is -0.493 e. The average Bonchev–Trinajstić information content (AvgIpc) is 2.28. The lowest BCUT2D eigenvalue weighted by molar-refractivity contribution is 0.355. The molecule has 1 N–H and O–H groups in total. The van der Waals surface area contributed by atoms with E-state index in [1.807, 2.05) is 18.2 Å². The zero-order valence-corrected chi connectivity index (χ0v) is 9.83. The van der Waals surface area contributed by atoms with Crippen LogP contribution in [0.4, 0.5) is 5.69 Å². The van der Waals surface area contributed by atoms with Crippen molar-refractivity contribution < 1.29 is 9.47 Å². The summed E-state index contributed by atoms with van der Waals surface area (Å²) in [6.07, 6.45) is 1.09. The zero-order valence-electron chi connectivity index (χ0n) is 9.83. The topological polar surface area (TPSA) is 30.5 Å². The van der Waals surface area contributed by atoms with E-state index in [1.54, 1.807) is 14.2 Å². The summed E-state index contributed by atoms with van der Waals surface area (Å²) in [6, 6.07) is 6.31. The second-order valence-electron chi connectivity index (χ2n) is 3.52. The van der Waals surface area contributed by atoms with E-state index >= 15 is 0 Å². The molecule has 15 heavy (non-hydrogen) atoms. The number of ether oxygens (including phenoxy) is 2. The smallest absolute Gasteiger partial charge is 0.162 e. The number of rotatable bonds is 5. The van der Waals surface area contributed by atoms with E-state index in [9.17, 15) is 0 Å². The molecule has 0 fully saturated rings. The van der Waals surface area contributed by atoms with Crippen LogP contribution >= 0.6 is 0 Å². The quantitative estimate of drug-likeness (QED) is 0.808. The highest BCUT2D eigenvalue weighted by Gasteiger charge is 2.05. The number of hydrogen-bond acceptors (Lipinski definition) is 3. The monoisotopic (exact) mass is 209 g/mol. The fraction of sp³-hybridized carbons (Fsp3) is 0.500. The molecule has 0 aliphatic rings. The molecular formula is C12H19NO2. The Morgan fingerprint density at radius 3 is 2.40 bits per heavy atom. The summed E-state index contributed by atoms with van der Waals surface area (Å²) in [7, 11) is 3.28. The molecule has 3 nitrogen and oxygen atoms in total. The van der Waals surface area contributed by atoms with E-state index < -0.39 is 0 Å². The first-order valence-corrected chi connectivity index (χ1v) is 5.19. The summed E-state index contributed by atoms with van der Waals surface area (Å²) >= 11 is 0. The Balaban J connectivity index is 2.83. The molecule has 1 atom stereocenters. The van der Waals surface area contributed by atoms with E-state index in [0.717, 1.165) is 23.6 Å². The predicted molar refractivity (Wildman–Crippen MR) is 62.9 cm³/mol. The first-order chi connectivity index (χ1) is 7.21. The van der Waals surface area contributed by atoms with E-state index in [0.29, 0.717) is 6.04 Å². The van der Waals surface area contributed by atoms with Crippen molar-refractivity contribution in [2.24, 2.45) is 0 Å². The molecule has 3 heteroatoms. The lowest BCUT2D eigenvalue weighted by atomic mass is 10.2. The van der Waals surface area contributed by atoms with Gasteiger partial charge in [0.05, 0.1) is 14.2 Å². The molecule has 0 aromatic heterocycles. The summed E-state index contributed by atoms with van der Waals surface area (Å²) in [5.74, 6) is 1.51. The molecule has 0 unspecified atom stereocenters. The van der Waals surface area contributed by atoms with E-state index in [-0.39, 0.29) is 0 Å². The predicted octanol–water partition coefficient (Wildman–Crippen LogP) is 2.91. The second-order valence-corrected chi connectivity index (χ2v) is 3.52. The molecule has 0 aliphatic heterocycles. The Kier molecular flexibility index (Phi) is 4.28. The molecule has 0 aliphatic carbocycles. The van der Waals surface area contributed by atoms with Crippen molar-refractivity contribution in [3.05, 3.63) is 18.2 Å². The first kappa shape index (κ1) is 11.7. The highest BCUT2D eigenvalue weighted by atomic mass is 16.5. The third kappa shape index (κ3) is 3.05. The number of anilines is 1. The summed E-state index contributed by atoms with van der Waals surface area (Å²) in [6.45, 7) is 4.30.